The standard InChI is InChI=1S/C19H18ClN5O3S/c1-29(27,28)19-14-4-5-21-9-17(14)24(23-19)10-18-22-15-6-11(20)2-3-16(15)25(18)12-7-13(26)8-12/h2-6,9,12-13,26H,7-8,10H2,1H3/t12-,13-. The van der Waals surface area contributed by atoms with Crippen LogP contribution in [0.25, 0.3) is 21.9 Å². The van der Waals surface area contributed by atoms with Crippen LogP contribution in [0, 0.1) is 0 Å². The van der Waals surface area contributed by atoms with Gasteiger partial charge in [0.2, 0.25) is 0 Å². The van der Waals surface area contributed by atoms with Crippen molar-refractivity contribution in [1.82, 2.24) is 24.3 Å². The van der Waals surface area contributed by atoms with Crippen molar-refractivity contribution >= 4 is 43.4 Å². The molecule has 29 heavy (non-hydrogen) atoms. The monoisotopic (exact) mass is 431 g/mol. The highest BCUT2D eigenvalue weighted by atomic mass is 35.5. The molecular formula is C19H18ClN5O3S. The van der Waals surface area contributed by atoms with Crippen LogP contribution in [0.3, 0.4) is 0 Å². The largest absolute Gasteiger partial charge is 0.393 e. The first-order valence-corrected chi connectivity index (χ1v) is 11.4. The van der Waals surface area contributed by atoms with Gasteiger partial charge in [-0.1, -0.05) is 11.6 Å². The molecule has 1 aliphatic rings. The maximum atomic E-state index is 12.2. The average molecular weight is 432 g/mol. The van der Waals surface area contributed by atoms with Crippen LogP contribution in [0.1, 0.15) is 24.7 Å². The molecule has 1 aliphatic carbocycles. The number of halogens is 1. The molecule has 0 spiro atoms. The molecule has 10 heteroatoms. The fraction of sp³-hybridized carbons (Fsp3) is 0.316. The van der Waals surface area contributed by atoms with Gasteiger partial charge in [0.15, 0.2) is 14.9 Å². The Morgan fingerprint density at radius 2 is 2.03 bits per heavy atom. The summed E-state index contributed by atoms with van der Waals surface area (Å²) in [5.41, 5.74) is 2.31. The van der Waals surface area contributed by atoms with E-state index in [1.54, 1.807) is 29.2 Å². The first-order valence-electron chi connectivity index (χ1n) is 9.16. The molecule has 1 saturated carbocycles. The Morgan fingerprint density at radius 3 is 2.76 bits per heavy atom. The summed E-state index contributed by atoms with van der Waals surface area (Å²) in [5, 5.41) is 15.3. The third-order valence-corrected chi connectivity index (χ3v) is 6.58. The lowest BCUT2D eigenvalue weighted by molar-refractivity contribution is 0.0489. The third-order valence-electron chi connectivity index (χ3n) is 5.34. The molecule has 0 saturated heterocycles. The number of aliphatic hydroxyl groups excluding tert-OH is 1. The summed E-state index contributed by atoms with van der Waals surface area (Å²) in [5.74, 6) is 0.729. The minimum Gasteiger partial charge on any atom is -0.393 e. The topological polar surface area (TPSA) is 103 Å². The molecule has 4 aromatic rings. The summed E-state index contributed by atoms with van der Waals surface area (Å²) in [6.07, 6.45) is 5.29. The number of benzene rings is 1. The van der Waals surface area contributed by atoms with Gasteiger partial charge in [0.05, 0.1) is 35.4 Å². The molecule has 0 atom stereocenters. The Bertz CT molecular complexity index is 1360. The molecule has 0 amide bonds. The molecule has 0 bridgehead atoms. The lowest BCUT2D eigenvalue weighted by atomic mass is 9.89. The van der Waals surface area contributed by atoms with Crippen LogP contribution >= 0.6 is 11.6 Å². The number of hydrogen-bond acceptors (Lipinski definition) is 6. The predicted octanol–water partition coefficient (Wildman–Crippen LogP) is 2.58. The summed E-state index contributed by atoms with van der Waals surface area (Å²) in [6.45, 7) is 0.274. The predicted molar refractivity (Wildman–Crippen MR) is 109 cm³/mol. The highest BCUT2D eigenvalue weighted by Gasteiger charge is 2.32. The fourth-order valence-electron chi connectivity index (χ4n) is 3.93. The molecule has 8 nitrogen and oxygen atoms in total. The van der Waals surface area contributed by atoms with E-state index in [0.29, 0.717) is 28.8 Å². The van der Waals surface area contributed by atoms with E-state index in [-0.39, 0.29) is 23.7 Å². The number of sulfone groups is 1. The van der Waals surface area contributed by atoms with Crippen LogP contribution in [-0.2, 0) is 16.4 Å². The van der Waals surface area contributed by atoms with Crippen LogP contribution in [0.4, 0.5) is 0 Å². The molecule has 1 aromatic carbocycles. The smallest absolute Gasteiger partial charge is 0.195 e. The SMILES string of the molecule is CS(=O)(=O)c1nn(Cc2nc3cc(Cl)ccc3n2[C@H]2C[C@H](O)C2)c2cnccc12. The molecule has 0 unspecified atom stereocenters. The van der Waals surface area contributed by atoms with E-state index in [4.69, 9.17) is 16.6 Å². The second kappa shape index (κ2) is 6.51. The molecule has 0 radical (unpaired) electrons. The molecule has 1 N–H and O–H groups in total. The number of hydrogen-bond donors (Lipinski definition) is 1. The number of imidazole rings is 1. The van der Waals surface area contributed by atoms with Crippen molar-refractivity contribution in [3.8, 4) is 0 Å². The van der Waals surface area contributed by atoms with E-state index in [1.165, 1.54) is 0 Å². The Hall–Kier alpha value is -2.49. The van der Waals surface area contributed by atoms with Gasteiger partial charge in [-0.05, 0) is 37.1 Å². The number of rotatable bonds is 4. The Kier molecular flexibility index (Phi) is 4.16. The minimum atomic E-state index is -3.50. The Labute approximate surface area is 171 Å². The first-order chi connectivity index (χ1) is 13.8. The average Bonchev–Trinajstić information content (AvgIpc) is 3.17. The van der Waals surface area contributed by atoms with Crippen molar-refractivity contribution in [2.24, 2.45) is 0 Å². The van der Waals surface area contributed by atoms with Crippen molar-refractivity contribution in [2.75, 3.05) is 6.26 Å². The van der Waals surface area contributed by atoms with Gasteiger partial charge in [0.25, 0.3) is 0 Å². The van der Waals surface area contributed by atoms with E-state index in [2.05, 4.69) is 14.6 Å². The molecule has 1 fully saturated rings. The normalized spacial score (nSPS) is 19.7. The van der Waals surface area contributed by atoms with Gasteiger partial charge in [0.1, 0.15) is 5.82 Å². The summed E-state index contributed by atoms with van der Waals surface area (Å²) in [4.78, 5) is 8.87. The van der Waals surface area contributed by atoms with Crippen LogP contribution in [-0.4, -0.2) is 50.2 Å². The van der Waals surface area contributed by atoms with Crippen LogP contribution in [0.5, 0.6) is 0 Å². The molecule has 5 rings (SSSR count). The molecule has 150 valence electrons. The quantitative estimate of drug-likeness (QED) is 0.532. The first kappa shape index (κ1) is 18.5. The Balaban J connectivity index is 1.67. The number of aliphatic hydroxyl groups is 1. The van der Waals surface area contributed by atoms with E-state index in [9.17, 15) is 13.5 Å². The lowest BCUT2D eigenvalue weighted by Gasteiger charge is -2.34. The van der Waals surface area contributed by atoms with E-state index in [0.717, 1.165) is 23.1 Å². The van der Waals surface area contributed by atoms with Crippen LogP contribution in [0.2, 0.25) is 5.02 Å². The second-order valence-electron chi connectivity index (χ2n) is 7.44. The van der Waals surface area contributed by atoms with Crippen molar-refractivity contribution in [2.45, 2.75) is 36.6 Å². The van der Waals surface area contributed by atoms with E-state index in [1.807, 2.05) is 12.1 Å². The molecule has 3 aromatic heterocycles. The van der Waals surface area contributed by atoms with Gasteiger partial charge in [-0.3, -0.25) is 9.67 Å². The number of pyridine rings is 1. The number of nitrogens with zero attached hydrogens (tertiary/aromatic N) is 5. The van der Waals surface area contributed by atoms with Crippen molar-refractivity contribution in [1.29, 1.82) is 0 Å². The minimum absolute atomic E-state index is 0.0275. The van der Waals surface area contributed by atoms with Crippen LogP contribution < -0.4 is 0 Å². The zero-order valence-corrected chi connectivity index (χ0v) is 17.1. The van der Waals surface area contributed by atoms with Crippen molar-refractivity contribution in [3.05, 3.63) is 47.5 Å². The number of fused-ring (bicyclic) bond motifs is 2. The maximum absolute atomic E-state index is 12.2. The van der Waals surface area contributed by atoms with Gasteiger partial charge in [-0.2, -0.15) is 5.10 Å². The highest BCUT2D eigenvalue weighted by molar-refractivity contribution is 7.90. The molecule has 0 aliphatic heterocycles. The van der Waals surface area contributed by atoms with E-state index < -0.39 is 9.84 Å². The highest BCUT2D eigenvalue weighted by Crippen LogP contribution is 2.37. The Morgan fingerprint density at radius 1 is 1.24 bits per heavy atom. The van der Waals surface area contributed by atoms with Crippen molar-refractivity contribution in [3.63, 3.8) is 0 Å². The fourth-order valence-corrected chi connectivity index (χ4v) is 4.91. The maximum Gasteiger partial charge on any atom is 0.195 e. The summed E-state index contributed by atoms with van der Waals surface area (Å²) >= 11 is 6.14. The van der Waals surface area contributed by atoms with Crippen LogP contribution in [0.15, 0.2) is 41.7 Å². The van der Waals surface area contributed by atoms with E-state index >= 15 is 0 Å². The molecule has 3 heterocycles. The van der Waals surface area contributed by atoms with Gasteiger partial charge < -0.3 is 9.67 Å². The summed E-state index contributed by atoms with van der Waals surface area (Å²) in [7, 11) is -3.50. The van der Waals surface area contributed by atoms with Gasteiger partial charge in [0, 0.05) is 28.9 Å². The lowest BCUT2D eigenvalue weighted by Crippen LogP contribution is -2.32. The van der Waals surface area contributed by atoms with Crippen molar-refractivity contribution < 1.29 is 13.5 Å². The number of aromatic nitrogens is 5. The van der Waals surface area contributed by atoms with Gasteiger partial charge >= 0.3 is 0 Å². The second-order valence-corrected chi connectivity index (χ2v) is 9.81. The van der Waals surface area contributed by atoms with Gasteiger partial charge in [-0.15, -0.1) is 0 Å². The zero-order chi connectivity index (χ0) is 20.3. The van der Waals surface area contributed by atoms with Gasteiger partial charge in [-0.25, -0.2) is 13.4 Å². The summed E-state index contributed by atoms with van der Waals surface area (Å²) < 4.78 is 28.1. The molecular weight excluding hydrogens is 414 g/mol. The third kappa shape index (κ3) is 3.09. The summed E-state index contributed by atoms with van der Waals surface area (Å²) in [6, 6.07) is 7.32. The zero-order valence-electron chi connectivity index (χ0n) is 15.5.